The van der Waals surface area contributed by atoms with Crippen molar-refractivity contribution < 1.29 is 5.11 Å². The van der Waals surface area contributed by atoms with Gasteiger partial charge in [-0.2, -0.15) is 0 Å². The third-order valence-corrected chi connectivity index (χ3v) is 2.39. The van der Waals surface area contributed by atoms with E-state index in [4.69, 9.17) is 0 Å². The lowest BCUT2D eigenvalue weighted by molar-refractivity contribution is 0.173. The molecule has 0 radical (unpaired) electrons. The van der Waals surface area contributed by atoms with Crippen LogP contribution in [0.1, 0.15) is 6.92 Å². The number of fused-ring (bicyclic) bond motifs is 1. The van der Waals surface area contributed by atoms with Gasteiger partial charge in [-0.25, -0.2) is 4.79 Å². The molecule has 0 spiro atoms. The molecular weight excluding hydrogens is 194 g/mol. The van der Waals surface area contributed by atoms with Crippen molar-refractivity contribution >= 4 is 11.0 Å². The number of aliphatic hydroxyl groups is 1. The lowest BCUT2D eigenvalue weighted by Gasteiger charge is -2.04. The van der Waals surface area contributed by atoms with Gasteiger partial charge in [0.2, 0.25) is 0 Å². The minimum absolute atomic E-state index is 0.126. The molecule has 0 saturated heterocycles. The third-order valence-electron chi connectivity index (χ3n) is 2.39. The highest BCUT2D eigenvalue weighted by atomic mass is 16.3. The minimum atomic E-state index is -0.548. The predicted molar refractivity (Wildman–Crippen MR) is 56.7 cm³/mol. The molecule has 0 amide bonds. The maximum atomic E-state index is 11.8. The van der Waals surface area contributed by atoms with E-state index in [9.17, 15) is 9.90 Å². The first-order valence-electron chi connectivity index (χ1n) is 4.78. The maximum absolute atomic E-state index is 11.8. The Morgan fingerprint density at radius 2 is 2.27 bits per heavy atom. The van der Waals surface area contributed by atoms with Crippen molar-refractivity contribution in [3.05, 3.63) is 28.9 Å². The van der Waals surface area contributed by atoms with Crippen molar-refractivity contribution in [2.75, 3.05) is 0 Å². The summed E-state index contributed by atoms with van der Waals surface area (Å²) in [5.41, 5.74) is 1.46. The van der Waals surface area contributed by atoms with Gasteiger partial charge in [-0.15, -0.1) is 0 Å². The number of aliphatic hydroxyl groups excluding tert-OH is 1. The summed E-state index contributed by atoms with van der Waals surface area (Å²) in [7, 11) is 1.71. The lowest BCUT2D eigenvalue weighted by Crippen LogP contribution is -2.26. The van der Waals surface area contributed by atoms with E-state index in [-0.39, 0.29) is 5.69 Å². The van der Waals surface area contributed by atoms with Crippen LogP contribution in [0.25, 0.3) is 11.0 Å². The Hall–Kier alpha value is -1.62. The molecule has 2 aromatic rings. The molecule has 0 fully saturated rings. The number of hydrogen-bond acceptors (Lipinski definition) is 3. The molecule has 0 aliphatic rings. The second kappa shape index (κ2) is 3.51. The average Bonchev–Trinajstić information content (AvgIpc) is 2.44. The molecule has 1 N–H and O–H groups in total. The van der Waals surface area contributed by atoms with Gasteiger partial charge >= 0.3 is 5.69 Å². The van der Waals surface area contributed by atoms with Crippen LogP contribution in [-0.2, 0) is 13.6 Å². The van der Waals surface area contributed by atoms with E-state index >= 15 is 0 Å². The fourth-order valence-electron chi connectivity index (χ4n) is 1.70. The molecule has 5 nitrogen and oxygen atoms in total. The highest BCUT2D eigenvalue weighted by Crippen LogP contribution is 2.09. The van der Waals surface area contributed by atoms with Crippen molar-refractivity contribution in [1.82, 2.24) is 14.1 Å². The van der Waals surface area contributed by atoms with Crippen molar-refractivity contribution in [2.24, 2.45) is 7.05 Å². The zero-order chi connectivity index (χ0) is 11.0. The first-order chi connectivity index (χ1) is 7.11. The molecule has 0 aromatic carbocycles. The Labute approximate surface area is 86.6 Å². The minimum Gasteiger partial charge on any atom is -0.392 e. The smallest absolute Gasteiger partial charge is 0.328 e. The third kappa shape index (κ3) is 1.55. The summed E-state index contributed by atoms with van der Waals surface area (Å²) < 4.78 is 3.09. The highest BCUT2D eigenvalue weighted by molar-refractivity contribution is 5.74. The largest absolute Gasteiger partial charge is 0.392 e. The van der Waals surface area contributed by atoms with Crippen LogP contribution >= 0.6 is 0 Å². The summed E-state index contributed by atoms with van der Waals surface area (Å²) in [6.45, 7) is 1.95. The van der Waals surface area contributed by atoms with E-state index in [1.165, 1.54) is 4.57 Å². The van der Waals surface area contributed by atoms with Gasteiger partial charge < -0.3 is 5.11 Å². The molecule has 2 heterocycles. The monoisotopic (exact) mass is 207 g/mol. The second-order valence-electron chi connectivity index (χ2n) is 3.67. The fourth-order valence-corrected chi connectivity index (χ4v) is 1.70. The molecule has 5 heteroatoms. The highest BCUT2D eigenvalue weighted by Gasteiger charge is 2.11. The van der Waals surface area contributed by atoms with Gasteiger partial charge in [0.15, 0.2) is 0 Å². The number of imidazole rings is 1. The molecule has 15 heavy (non-hydrogen) atoms. The number of aryl methyl sites for hydroxylation is 1. The number of hydrogen-bond donors (Lipinski definition) is 1. The summed E-state index contributed by atoms with van der Waals surface area (Å²) in [6.07, 6.45) is 2.74. The maximum Gasteiger partial charge on any atom is 0.328 e. The van der Waals surface area contributed by atoms with Gasteiger partial charge in [0.1, 0.15) is 0 Å². The predicted octanol–water partition coefficient (Wildman–Crippen LogP) is 0.116. The van der Waals surface area contributed by atoms with Gasteiger partial charge in [0.05, 0.1) is 29.9 Å². The molecule has 2 aromatic heterocycles. The molecule has 1 atom stereocenters. The molecule has 0 aliphatic heterocycles. The quantitative estimate of drug-likeness (QED) is 0.760. The zero-order valence-electron chi connectivity index (χ0n) is 8.71. The first-order valence-corrected chi connectivity index (χ1v) is 4.78. The van der Waals surface area contributed by atoms with E-state index < -0.39 is 6.10 Å². The van der Waals surface area contributed by atoms with Crippen molar-refractivity contribution in [2.45, 2.75) is 19.6 Å². The summed E-state index contributed by atoms with van der Waals surface area (Å²) in [5, 5.41) is 9.31. The topological polar surface area (TPSA) is 60.1 Å². The van der Waals surface area contributed by atoms with Crippen LogP contribution in [-0.4, -0.2) is 25.3 Å². The summed E-state index contributed by atoms with van der Waals surface area (Å²) in [4.78, 5) is 15.8. The molecule has 2 rings (SSSR count). The van der Waals surface area contributed by atoms with Gasteiger partial charge in [0.25, 0.3) is 0 Å². The van der Waals surface area contributed by atoms with Crippen LogP contribution in [0, 0.1) is 0 Å². The SMILES string of the molecule is CC(O)Cn1c(=O)n(C)c2ccncc21. The fraction of sp³-hybridized carbons (Fsp3) is 0.400. The molecule has 0 saturated carbocycles. The van der Waals surface area contributed by atoms with E-state index in [1.54, 1.807) is 37.0 Å². The normalized spacial score (nSPS) is 13.3. The second-order valence-corrected chi connectivity index (χ2v) is 3.67. The zero-order valence-corrected chi connectivity index (χ0v) is 8.71. The van der Waals surface area contributed by atoms with Crippen LogP contribution in [0.3, 0.4) is 0 Å². The van der Waals surface area contributed by atoms with E-state index in [0.717, 1.165) is 11.0 Å². The molecule has 1 unspecified atom stereocenters. The Kier molecular flexibility index (Phi) is 2.32. The van der Waals surface area contributed by atoms with Crippen molar-refractivity contribution in [3.63, 3.8) is 0 Å². The lowest BCUT2D eigenvalue weighted by atomic mass is 10.3. The van der Waals surface area contributed by atoms with Gasteiger partial charge in [-0.3, -0.25) is 14.1 Å². The first kappa shape index (κ1) is 9.92. The van der Waals surface area contributed by atoms with Gasteiger partial charge in [-0.1, -0.05) is 0 Å². The number of rotatable bonds is 2. The van der Waals surface area contributed by atoms with Crippen LogP contribution < -0.4 is 5.69 Å². The molecule has 80 valence electrons. The van der Waals surface area contributed by atoms with Crippen LogP contribution in [0.15, 0.2) is 23.3 Å². The summed E-state index contributed by atoms with van der Waals surface area (Å²) in [6, 6.07) is 1.79. The Morgan fingerprint density at radius 3 is 2.93 bits per heavy atom. The standard InChI is InChI=1S/C10H13N3O2/c1-7(14)6-13-9-5-11-4-3-8(9)12(2)10(13)15/h3-5,7,14H,6H2,1-2H3. The number of nitrogens with zero attached hydrogens (tertiary/aromatic N) is 3. The van der Waals surface area contributed by atoms with Crippen molar-refractivity contribution in [3.8, 4) is 0 Å². The van der Waals surface area contributed by atoms with E-state index in [0.29, 0.717) is 6.54 Å². The Bertz CT molecular complexity index is 539. The van der Waals surface area contributed by atoms with Gasteiger partial charge in [0, 0.05) is 13.2 Å². The Balaban J connectivity index is 2.72. The van der Waals surface area contributed by atoms with Gasteiger partial charge in [-0.05, 0) is 13.0 Å². The molecule has 0 bridgehead atoms. The van der Waals surface area contributed by atoms with E-state index in [1.807, 2.05) is 0 Å². The van der Waals surface area contributed by atoms with Crippen LogP contribution in [0.4, 0.5) is 0 Å². The number of aromatic nitrogens is 3. The molecular formula is C10H13N3O2. The van der Waals surface area contributed by atoms with Crippen molar-refractivity contribution in [1.29, 1.82) is 0 Å². The summed E-state index contributed by atoms with van der Waals surface area (Å²) in [5.74, 6) is 0. The van der Waals surface area contributed by atoms with E-state index in [2.05, 4.69) is 4.98 Å². The number of pyridine rings is 1. The van der Waals surface area contributed by atoms with Crippen LogP contribution in [0.2, 0.25) is 0 Å². The Morgan fingerprint density at radius 1 is 1.53 bits per heavy atom. The molecule has 0 aliphatic carbocycles. The van der Waals surface area contributed by atoms with Crippen LogP contribution in [0.5, 0.6) is 0 Å². The average molecular weight is 207 g/mol. The summed E-state index contributed by atoms with van der Waals surface area (Å²) >= 11 is 0.